The molecule has 0 aliphatic heterocycles. The topological polar surface area (TPSA) is 71.1 Å². The van der Waals surface area contributed by atoms with Gasteiger partial charge in [0.15, 0.2) is 0 Å². The molecule has 26 heavy (non-hydrogen) atoms. The third-order valence-electron chi connectivity index (χ3n) is 4.45. The Morgan fingerprint density at radius 3 is 2.50 bits per heavy atom. The van der Waals surface area contributed by atoms with Crippen molar-refractivity contribution in [3.63, 3.8) is 0 Å². The van der Waals surface area contributed by atoms with Gasteiger partial charge in [-0.05, 0) is 36.8 Å². The van der Waals surface area contributed by atoms with Gasteiger partial charge in [0, 0.05) is 22.3 Å². The highest BCUT2D eigenvalue weighted by Crippen LogP contribution is 2.40. The molecule has 0 saturated heterocycles. The number of para-hydroxylation sites is 1. The minimum absolute atomic E-state index is 0.158. The number of rotatable bonds is 4. The van der Waals surface area contributed by atoms with E-state index in [4.69, 9.17) is 11.6 Å². The highest BCUT2D eigenvalue weighted by molar-refractivity contribution is 6.30. The number of carbonyl (C=O) groups is 2. The lowest BCUT2D eigenvalue weighted by Gasteiger charge is -2.08. The third-order valence-corrected chi connectivity index (χ3v) is 4.68. The third kappa shape index (κ3) is 3.39. The van der Waals surface area contributed by atoms with E-state index >= 15 is 0 Å². The summed E-state index contributed by atoms with van der Waals surface area (Å²) >= 11 is 5.92. The average Bonchev–Trinajstić information content (AvgIpc) is 3.43. The second-order valence-electron chi connectivity index (χ2n) is 6.32. The number of nitrogens with one attached hydrogen (secondary N) is 2. The van der Waals surface area contributed by atoms with E-state index in [1.807, 2.05) is 30.3 Å². The van der Waals surface area contributed by atoms with Crippen molar-refractivity contribution in [2.75, 3.05) is 10.6 Å². The summed E-state index contributed by atoms with van der Waals surface area (Å²) in [5.74, 6) is -0.970. The summed E-state index contributed by atoms with van der Waals surface area (Å²) in [7, 11) is 0. The monoisotopic (exact) mass is 365 g/mol. The van der Waals surface area contributed by atoms with Crippen molar-refractivity contribution in [1.29, 1.82) is 0 Å². The number of pyridine rings is 1. The fourth-order valence-corrected chi connectivity index (χ4v) is 3.20. The van der Waals surface area contributed by atoms with E-state index in [1.54, 1.807) is 30.5 Å². The predicted molar refractivity (Wildman–Crippen MR) is 102 cm³/mol. The maximum atomic E-state index is 12.5. The second-order valence-corrected chi connectivity index (χ2v) is 6.75. The Balaban J connectivity index is 1.41. The van der Waals surface area contributed by atoms with Crippen LogP contribution in [-0.4, -0.2) is 16.8 Å². The van der Waals surface area contributed by atoms with Crippen LogP contribution in [0.5, 0.6) is 0 Å². The maximum Gasteiger partial charge on any atom is 0.228 e. The van der Waals surface area contributed by atoms with Crippen LogP contribution in [0.3, 0.4) is 0 Å². The Bertz CT molecular complexity index is 1000. The molecule has 1 saturated carbocycles. The number of carbonyl (C=O) groups excluding carboxylic acids is 2. The second kappa shape index (κ2) is 6.77. The molecule has 5 nitrogen and oxygen atoms in total. The van der Waals surface area contributed by atoms with Gasteiger partial charge < -0.3 is 10.6 Å². The summed E-state index contributed by atoms with van der Waals surface area (Å²) < 4.78 is 0. The van der Waals surface area contributed by atoms with Crippen molar-refractivity contribution < 1.29 is 9.59 Å². The molecular formula is C20H16ClN3O2. The van der Waals surface area contributed by atoms with Gasteiger partial charge in [-0.3, -0.25) is 14.6 Å². The predicted octanol–water partition coefficient (Wildman–Crippen LogP) is 4.10. The summed E-state index contributed by atoms with van der Waals surface area (Å²) in [6.07, 6.45) is 2.23. The fraction of sp³-hybridized carbons (Fsp3) is 0.150. The van der Waals surface area contributed by atoms with Crippen molar-refractivity contribution >= 4 is 45.7 Å². The van der Waals surface area contributed by atoms with Gasteiger partial charge in [-0.2, -0.15) is 0 Å². The molecule has 2 N–H and O–H groups in total. The summed E-state index contributed by atoms with van der Waals surface area (Å²) in [6.45, 7) is 0. The maximum absolute atomic E-state index is 12.5. The van der Waals surface area contributed by atoms with E-state index in [0.717, 1.165) is 10.9 Å². The molecule has 1 aromatic heterocycles. The molecule has 1 fully saturated rings. The number of anilines is 2. The zero-order valence-corrected chi connectivity index (χ0v) is 14.5. The summed E-state index contributed by atoms with van der Waals surface area (Å²) in [6, 6.07) is 16.4. The van der Waals surface area contributed by atoms with Crippen LogP contribution in [0.1, 0.15) is 6.42 Å². The van der Waals surface area contributed by atoms with E-state index in [0.29, 0.717) is 22.8 Å². The first-order valence-electron chi connectivity index (χ1n) is 8.33. The molecule has 130 valence electrons. The highest BCUT2D eigenvalue weighted by atomic mass is 35.5. The van der Waals surface area contributed by atoms with Crippen molar-refractivity contribution in [3.8, 4) is 0 Å². The van der Waals surface area contributed by atoms with Gasteiger partial charge >= 0.3 is 0 Å². The number of hydrogen-bond acceptors (Lipinski definition) is 3. The molecular weight excluding hydrogens is 350 g/mol. The molecule has 1 aliphatic rings. The molecule has 0 bridgehead atoms. The first-order valence-corrected chi connectivity index (χ1v) is 8.70. The first kappa shape index (κ1) is 16.5. The van der Waals surface area contributed by atoms with E-state index in [1.165, 1.54) is 0 Å². The fourth-order valence-electron chi connectivity index (χ4n) is 3.01. The van der Waals surface area contributed by atoms with Crippen LogP contribution in [0.25, 0.3) is 10.9 Å². The normalized spacial score (nSPS) is 18.3. The Morgan fingerprint density at radius 1 is 0.962 bits per heavy atom. The standard InChI is InChI=1S/C20H16ClN3O2/c21-13-6-2-7-14(10-13)23-19(25)15-11-16(15)20(26)24-17-8-1-4-12-5-3-9-22-18(12)17/h1-10,15-16H,11H2,(H,23,25)(H,24,26). The molecule has 6 heteroatoms. The zero-order valence-electron chi connectivity index (χ0n) is 13.8. The SMILES string of the molecule is O=C(Nc1cccc(Cl)c1)C1CC1C(=O)Nc1cccc2cccnc12. The molecule has 2 aromatic carbocycles. The molecule has 1 heterocycles. The van der Waals surface area contributed by atoms with Gasteiger partial charge in [-0.25, -0.2) is 0 Å². The van der Waals surface area contributed by atoms with Crippen LogP contribution < -0.4 is 10.6 Å². The van der Waals surface area contributed by atoms with E-state index in [9.17, 15) is 9.59 Å². The molecule has 0 spiro atoms. The van der Waals surface area contributed by atoms with Crippen LogP contribution in [0.4, 0.5) is 11.4 Å². The number of aromatic nitrogens is 1. The number of fused-ring (bicyclic) bond motifs is 1. The van der Waals surface area contributed by atoms with Crippen LogP contribution >= 0.6 is 11.6 Å². The average molecular weight is 366 g/mol. The molecule has 4 rings (SSSR count). The van der Waals surface area contributed by atoms with Crippen molar-refractivity contribution in [1.82, 2.24) is 4.98 Å². The van der Waals surface area contributed by atoms with E-state index in [-0.39, 0.29) is 23.7 Å². The number of hydrogen-bond donors (Lipinski definition) is 2. The lowest BCUT2D eigenvalue weighted by molar-refractivity contribution is -0.122. The Labute approximate surface area is 155 Å². The van der Waals surface area contributed by atoms with Crippen LogP contribution in [0, 0.1) is 11.8 Å². The summed E-state index contributed by atoms with van der Waals surface area (Å²) in [4.78, 5) is 29.1. The van der Waals surface area contributed by atoms with Gasteiger partial charge in [0.25, 0.3) is 0 Å². The molecule has 2 atom stereocenters. The lowest BCUT2D eigenvalue weighted by Crippen LogP contribution is -2.20. The molecule has 0 radical (unpaired) electrons. The Kier molecular flexibility index (Phi) is 4.31. The quantitative estimate of drug-likeness (QED) is 0.731. The first-order chi connectivity index (χ1) is 12.6. The van der Waals surface area contributed by atoms with Crippen LogP contribution in [-0.2, 0) is 9.59 Å². The largest absolute Gasteiger partial charge is 0.326 e. The minimum atomic E-state index is -0.326. The van der Waals surface area contributed by atoms with Gasteiger partial charge in [-0.1, -0.05) is 35.9 Å². The smallest absolute Gasteiger partial charge is 0.228 e. The van der Waals surface area contributed by atoms with Crippen molar-refractivity contribution in [2.24, 2.45) is 11.8 Å². The van der Waals surface area contributed by atoms with Gasteiger partial charge in [0.2, 0.25) is 11.8 Å². The highest BCUT2D eigenvalue weighted by Gasteiger charge is 2.48. The van der Waals surface area contributed by atoms with E-state index < -0.39 is 0 Å². The minimum Gasteiger partial charge on any atom is -0.326 e. The summed E-state index contributed by atoms with van der Waals surface area (Å²) in [5.41, 5.74) is 2.03. The van der Waals surface area contributed by atoms with Crippen molar-refractivity contribution in [3.05, 3.63) is 65.8 Å². The molecule has 2 amide bonds. The number of benzene rings is 2. The lowest BCUT2D eigenvalue weighted by atomic mass is 10.2. The van der Waals surface area contributed by atoms with Gasteiger partial charge in [-0.15, -0.1) is 0 Å². The summed E-state index contributed by atoms with van der Waals surface area (Å²) in [5, 5.41) is 7.22. The van der Waals surface area contributed by atoms with Gasteiger partial charge in [0.05, 0.1) is 23.0 Å². The van der Waals surface area contributed by atoms with Crippen LogP contribution in [0.2, 0.25) is 5.02 Å². The molecule has 3 aromatic rings. The Hall–Kier alpha value is -2.92. The zero-order chi connectivity index (χ0) is 18.1. The van der Waals surface area contributed by atoms with Crippen LogP contribution in [0.15, 0.2) is 60.8 Å². The number of amides is 2. The Morgan fingerprint density at radius 2 is 1.69 bits per heavy atom. The van der Waals surface area contributed by atoms with E-state index in [2.05, 4.69) is 15.6 Å². The molecule has 2 unspecified atom stereocenters. The number of halogens is 1. The van der Waals surface area contributed by atoms with Gasteiger partial charge in [0.1, 0.15) is 0 Å². The number of nitrogens with zero attached hydrogens (tertiary/aromatic N) is 1. The van der Waals surface area contributed by atoms with Crippen molar-refractivity contribution in [2.45, 2.75) is 6.42 Å². The molecule has 1 aliphatic carbocycles.